The number of carbonyl (C=O) groups is 2. The fraction of sp³-hybridized carbons (Fsp3) is 0.222. The fourth-order valence-electron chi connectivity index (χ4n) is 2.02. The minimum atomic E-state index is -0.148. The number of aryl methyl sites for hydroxylation is 1. The first-order valence-corrected chi connectivity index (χ1v) is 7.57. The first-order chi connectivity index (χ1) is 11.1. The van der Waals surface area contributed by atoms with E-state index in [2.05, 4.69) is 16.0 Å². The molecule has 2 aromatic rings. The molecule has 2 amide bonds. The predicted octanol–water partition coefficient (Wildman–Crippen LogP) is 3.39. The molecule has 0 saturated carbocycles. The molecule has 0 fully saturated rings. The topological polar surface area (TPSA) is 70.2 Å². The number of nitrogens with one attached hydrogen (secondary N) is 3. The third-order valence-electron chi connectivity index (χ3n) is 3.34. The van der Waals surface area contributed by atoms with Gasteiger partial charge in [0.25, 0.3) is 0 Å². The van der Waals surface area contributed by atoms with E-state index in [1.807, 2.05) is 49.4 Å². The van der Waals surface area contributed by atoms with Crippen molar-refractivity contribution in [3.05, 3.63) is 54.1 Å². The molecule has 0 spiro atoms. The number of benzene rings is 2. The van der Waals surface area contributed by atoms with E-state index >= 15 is 0 Å². The van der Waals surface area contributed by atoms with Crippen molar-refractivity contribution in [2.75, 3.05) is 22.5 Å². The Balaban J connectivity index is 1.95. The summed E-state index contributed by atoms with van der Waals surface area (Å²) >= 11 is 0. The van der Waals surface area contributed by atoms with E-state index in [9.17, 15) is 9.59 Å². The van der Waals surface area contributed by atoms with Crippen LogP contribution >= 0.6 is 0 Å². The summed E-state index contributed by atoms with van der Waals surface area (Å²) in [5.41, 5.74) is 3.21. The minimum Gasteiger partial charge on any atom is -0.376 e. The average Bonchev–Trinajstić information content (AvgIpc) is 2.57. The van der Waals surface area contributed by atoms with Crippen molar-refractivity contribution in [2.24, 2.45) is 0 Å². The van der Waals surface area contributed by atoms with Crippen LogP contribution in [0.5, 0.6) is 0 Å². The Morgan fingerprint density at radius 2 is 1.65 bits per heavy atom. The normalized spacial score (nSPS) is 10.0. The molecule has 0 heterocycles. The Labute approximate surface area is 136 Å². The lowest BCUT2D eigenvalue weighted by molar-refractivity contribution is -0.116. The fourth-order valence-corrected chi connectivity index (χ4v) is 2.02. The zero-order valence-corrected chi connectivity index (χ0v) is 13.3. The maximum absolute atomic E-state index is 12.0. The van der Waals surface area contributed by atoms with Gasteiger partial charge in [-0.15, -0.1) is 0 Å². The molecular formula is C18H21N3O2. The Kier molecular flexibility index (Phi) is 5.74. The van der Waals surface area contributed by atoms with Crippen molar-refractivity contribution in [1.29, 1.82) is 0 Å². The lowest BCUT2D eigenvalue weighted by atomic mass is 10.1. The lowest BCUT2D eigenvalue weighted by Gasteiger charge is -2.12. The molecule has 0 saturated heterocycles. The number of carbonyl (C=O) groups excluding carboxylic acids is 2. The number of hydrogen-bond donors (Lipinski definition) is 3. The Hall–Kier alpha value is -2.82. The molecule has 23 heavy (non-hydrogen) atoms. The van der Waals surface area contributed by atoms with Crippen LogP contribution in [0.25, 0.3) is 0 Å². The van der Waals surface area contributed by atoms with Crippen molar-refractivity contribution in [3.8, 4) is 0 Å². The molecular weight excluding hydrogens is 290 g/mol. The molecule has 120 valence electrons. The van der Waals surface area contributed by atoms with Crippen LogP contribution in [0.2, 0.25) is 0 Å². The number of rotatable bonds is 6. The summed E-state index contributed by atoms with van der Waals surface area (Å²) in [4.78, 5) is 23.5. The second-order valence-corrected chi connectivity index (χ2v) is 5.20. The van der Waals surface area contributed by atoms with Crippen LogP contribution in [-0.4, -0.2) is 18.4 Å². The van der Waals surface area contributed by atoms with E-state index in [1.54, 1.807) is 13.0 Å². The zero-order chi connectivity index (χ0) is 16.7. The maximum atomic E-state index is 12.0. The molecule has 0 aliphatic heterocycles. The van der Waals surface area contributed by atoms with Crippen molar-refractivity contribution in [1.82, 2.24) is 0 Å². The van der Waals surface area contributed by atoms with Gasteiger partial charge in [-0.2, -0.15) is 0 Å². The van der Waals surface area contributed by atoms with Crippen LogP contribution in [-0.2, 0) is 9.59 Å². The van der Waals surface area contributed by atoms with Gasteiger partial charge in [-0.05, 0) is 36.8 Å². The van der Waals surface area contributed by atoms with Gasteiger partial charge in [0.15, 0.2) is 0 Å². The van der Waals surface area contributed by atoms with Crippen molar-refractivity contribution in [2.45, 2.75) is 20.3 Å². The highest BCUT2D eigenvalue weighted by molar-refractivity contribution is 5.96. The average molecular weight is 311 g/mol. The predicted molar refractivity (Wildman–Crippen MR) is 93.7 cm³/mol. The maximum Gasteiger partial charge on any atom is 0.243 e. The quantitative estimate of drug-likeness (QED) is 0.766. The van der Waals surface area contributed by atoms with E-state index in [1.165, 1.54) is 0 Å². The summed E-state index contributed by atoms with van der Waals surface area (Å²) in [6.07, 6.45) is 0.414. The van der Waals surface area contributed by atoms with E-state index < -0.39 is 0 Å². The summed E-state index contributed by atoms with van der Waals surface area (Å²) in [5, 5.41) is 8.69. The van der Waals surface area contributed by atoms with Gasteiger partial charge in [-0.1, -0.05) is 31.2 Å². The van der Waals surface area contributed by atoms with E-state index in [0.29, 0.717) is 17.8 Å². The molecule has 3 N–H and O–H groups in total. The molecule has 0 aliphatic rings. The van der Waals surface area contributed by atoms with Crippen LogP contribution in [0.3, 0.4) is 0 Å². The molecule has 5 heteroatoms. The molecule has 0 atom stereocenters. The number of amides is 2. The zero-order valence-electron chi connectivity index (χ0n) is 13.3. The Morgan fingerprint density at radius 1 is 0.913 bits per heavy atom. The largest absolute Gasteiger partial charge is 0.376 e. The number of para-hydroxylation sites is 1. The highest BCUT2D eigenvalue weighted by atomic mass is 16.2. The molecule has 0 unspecified atom stereocenters. The first-order valence-electron chi connectivity index (χ1n) is 7.57. The van der Waals surface area contributed by atoms with Gasteiger partial charge in [-0.3, -0.25) is 9.59 Å². The van der Waals surface area contributed by atoms with Crippen molar-refractivity contribution >= 4 is 28.9 Å². The van der Waals surface area contributed by atoms with Crippen LogP contribution < -0.4 is 16.0 Å². The van der Waals surface area contributed by atoms with Gasteiger partial charge in [0, 0.05) is 23.5 Å². The van der Waals surface area contributed by atoms with Crippen molar-refractivity contribution < 1.29 is 9.59 Å². The summed E-state index contributed by atoms with van der Waals surface area (Å²) in [7, 11) is 0. The van der Waals surface area contributed by atoms with Gasteiger partial charge >= 0.3 is 0 Å². The van der Waals surface area contributed by atoms with Crippen molar-refractivity contribution in [3.63, 3.8) is 0 Å². The molecule has 2 aromatic carbocycles. The molecule has 0 radical (unpaired) electrons. The first kappa shape index (κ1) is 16.5. The SMILES string of the molecule is CCC(=O)Nc1cc(NC(=O)CNc2ccccc2)ccc1C. The second-order valence-electron chi connectivity index (χ2n) is 5.20. The van der Waals surface area contributed by atoms with Crippen LogP contribution in [0.15, 0.2) is 48.5 Å². The molecule has 2 rings (SSSR count). The summed E-state index contributed by atoms with van der Waals surface area (Å²) < 4.78 is 0. The standard InChI is InChI=1S/C18H21N3O2/c1-3-17(22)21-16-11-15(10-9-13(16)2)20-18(23)12-19-14-7-5-4-6-8-14/h4-11,19H,3,12H2,1-2H3,(H,20,23)(H,21,22). The number of anilines is 3. The van der Waals surface area contributed by atoms with E-state index in [0.717, 1.165) is 11.3 Å². The van der Waals surface area contributed by atoms with Crippen LogP contribution in [0.4, 0.5) is 17.1 Å². The van der Waals surface area contributed by atoms with Gasteiger partial charge in [0.2, 0.25) is 11.8 Å². The lowest BCUT2D eigenvalue weighted by Crippen LogP contribution is -2.22. The molecule has 0 aromatic heterocycles. The highest BCUT2D eigenvalue weighted by Crippen LogP contribution is 2.20. The van der Waals surface area contributed by atoms with Gasteiger partial charge in [0.05, 0.1) is 6.54 Å². The third-order valence-corrected chi connectivity index (χ3v) is 3.34. The van der Waals surface area contributed by atoms with Gasteiger partial charge in [0.1, 0.15) is 0 Å². The second kappa shape index (κ2) is 7.98. The van der Waals surface area contributed by atoms with Crippen LogP contribution in [0.1, 0.15) is 18.9 Å². The smallest absolute Gasteiger partial charge is 0.243 e. The van der Waals surface area contributed by atoms with E-state index in [-0.39, 0.29) is 18.4 Å². The molecule has 5 nitrogen and oxygen atoms in total. The third kappa shape index (κ3) is 5.14. The molecule has 0 bridgehead atoms. The number of hydrogen-bond acceptors (Lipinski definition) is 3. The summed E-state index contributed by atoms with van der Waals surface area (Å²) in [5.74, 6) is -0.201. The Bertz CT molecular complexity index is 684. The minimum absolute atomic E-state index is 0.0534. The van der Waals surface area contributed by atoms with Gasteiger partial charge in [-0.25, -0.2) is 0 Å². The Morgan fingerprint density at radius 3 is 2.35 bits per heavy atom. The summed E-state index contributed by atoms with van der Waals surface area (Å²) in [6, 6.07) is 15.0. The van der Waals surface area contributed by atoms with Gasteiger partial charge < -0.3 is 16.0 Å². The summed E-state index contributed by atoms with van der Waals surface area (Å²) in [6.45, 7) is 3.88. The van der Waals surface area contributed by atoms with Crippen LogP contribution in [0, 0.1) is 6.92 Å². The highest BCUT2D eigenvalue weighted by Gasteiger charge is 2.06. The monoisotopic (exact) mass is 311 g/mol. The van der Waals surface area contributed by atoms with E-state index in [4.69, 9.17) is 0 Å². The molecule has 0 aliphatic carbocycles.